The molecule has 2 aromatic carbocycles. The fourth-order valence-corrected chi connectivity index (χ4v) is 4.42. The average Bonchev–Trinajstić information content (AvgIpc) is 3.03. The van der Waals surface area contributed by atoms with Crippen molar-refractivity contribution >= 4 is 46.7 Å². The van der Waals surface area contributed by atoms with Crippen LogP contribution >= 0.6 is 23.2 Å². The van der Waals surface area contributed by atoms with Gasteiger partial charge in [-0.2, -0.15) is 5.01 Å². The third kappa shape index (κ3) is 4.08. The zero-order valence-electron chi connectivity index (χ0n) is 17.3. The molecule has 0 N–H and O–H groups in total. The van der Waals surface area contributed by atoms with Crippen molar-refractivity contribution in [3.63, 3.8) is 0 Å². The van der Waals surface area contributed by atoms with Crippen molar-refractivity contribution in [1.82, 2.24) is 10.0 Å². The number of nitrogens with zero attached hydrogens (tertiary/aromatic N) is 2. The number of halogens is 2. The zero-order chi connectivity index (χ0) is 23.0. The van der Waals surface area contributed by atoms with E-state index in [1.165, 1.54) is 18.2 Å². The second-order valence-electron chi connectivity index (χ2n) is 7.97. The van der Waals surface area contributed by atoms with Gasteiger partial charge in [0.05, 0.1) is 21.9 Å². The molecule has 1 fully saturated rings. The number of fused-ring (bicyclic) bond motifs is 1. The number of hydrogen-bond donors (Lipinski definition) is 0. The van der Waals surface area contributed by atoms with Crippen LogP contribution in [0.4, 0.5) is 0 Å². The van der Waals surface area contributed by atoms with Crippen LogP contribution in [0.1, 0.15) is 40.5 Å². The molecule has 0 unspecified atom stereocenters. The molecular formula is C24H20Cl2N2O4. The molecule has 0 radical (unpaired) electrons. The van der Waals surface area contributed by atoms with Crippen molar-refractivity contribution in [3.05, 3.63) is 81.4 Å². The summed E-state index contributed by atoms with van der Waals surface area (Å²) in [4.78, 5) is 52.8. The Bertz CT molecular complexity index is 1150. The number of rotatable bonds is 5. The van der Waals surface area contributed by atoms with Crippen LogP contribution in [-0.2, 0) is 9.59 Å². The summed E-state index contributed by atoms with van der Waals surface area (Å²) in [6, 6.07) is 12.7. The molecule has 2 aliphatic rings. The zero-order valence-corrected chi connectivity index (χ0v) is 18.8. The number of allylic oxidation sites excluding steroid dienone is 2. The van der Waals surface area contributed by atoms with Crippen molar-refractivity contribution in [2.75, 3.05) is 6.54 Å². The number of carbonyl (C=O) groups is 4. The highest BCUT2D eigenvalue weighted by molar-refractivity contribution is 6.42. The lowest BCUT2D eigenvalue weighted by Crippen LogP contribution is -2.52. The van der Waals surface area contributed by atoms with Gasteiger partial charge in [0.15, 0.2) is 5.78 Å². The first-order valence-corrected chi connectivity index (χ1v) is 10.9. The molecule has 0 aromatic heterocycles. The maximum absolute atomic E-state index is 13.4. The molecule has 1 heterocycles. The number of hydrogen-bond acceptors (Lipinski definition) is 4. The Morgan fingerprint density at radius 2 is 1.66 bits per heavy atom. The number of amides is 3. The van der Waals surface area contributed by atoms with Crippen LogP contribution in [-0.4, -0.2) is 40.1 Å². The monoisotopic (exact) mass is 470 g/mol. The van der Waals surface area contributed by atoms with Gasteiger partial charge in [-0.15, -0.1) is 0 Å². The standard InChI is InChI=1S/C24H20Cl2N2O4/c1-14-7-9-17-18(11-14)24(32)28(23(17)31)27(13-21(29)15-5-3-2-4-6-15)22(30)16-8-10-19(25)20(26)12-16/h2-8,10,12,17-18H,9,11,13H2,1H3/t17-,18-/m0/s1. The van der Waals surface area contributed by atoms with E-state index in [1.807, 2.05) is 13.0 Å². The van der Waals surface area contributed by atoms with E-state index >= 15 is 0 Å². The van der Waals surface area contributed by atoms with Crippen molar-refractivity contribution in [1.29, 1.82) is 0 Å². The minimum absolute atomic E-state index is 0.116. The van der Waals surface area contributed by atoms with Crippen molar-refractivity contribution in [2.24, 2.45) is 11.8 Å². The smallest absolute Gasteiger partial charge is 0.273 e. The molecule has 2 aromatic rings. The Kier molecular flexibility index (Phi) is 6.17. The predicted molar refractivity (Wildman–Crippen MR) is 120 cm³/mol. The summed E-state index contributed by atoms with van der Waals surface area (Å²) in [5.74, 6) is -3.10. The second kappa shape index (κ2) is 8.88. The van der Waals surface area contributed by atoms with Gasteiger partial charge in [0.1, 0.15) is 6.54 Å². The lowest BCUT2D eigenvalue weighted by molar-refractivity contribution is -0.154. The quantitative estimate of drug-likeness (QED) is 0.364. The Morgan fingerprint density at radius 1 is 0.969 bits per heavy atom. The highest BCUT2D eigenvalue weighted by Crippen LogP contribution is 2.38. The van der Waals surface area contributed by atoms with Crippen LogP contribution in [0.15, 0.2) is 60.2 Å². The van der Waals surface area contributed by atoms with Crippen LogP contribution in [0.5, 0.6) is 0 Å². The van der Waals surface area contributed by atoms with Crippen LogP contribution in [0, 0.1) is 11.8 Å². The number of ketones is 1. The summed E-state index contributed by atoms with van der Waals surface area (Å²) in [7, 11) is 0. The fraction of sp³-hybridized carbons (Fsp3) is 0.250. The Balaban J connectivity index is 1.71. The molecule has 0 bridgehead atoms. The number of Topliss-reactive ketones (excluding diaryl/α,β-unsaturated/α-hetero) is 1. The minimum Gasteiger partial charge on any atom is -0.292 e. The maximum atomic E-state index is 13.4. The first kappa shape index (κ1) is 22.2. The van der Waals surface area contributed by atoms with E-state index in [1.54, 1.807) is 30.3 Å². The summed E-state index contributed by atoms with van der Waals surface area (Å²) in [5.41, 5.74) is 1.51. The lowest BCUT2D eigenvalue weighted by atomic mass is 9.82. The second-order valence-corrected chi connectivity index (χ2v) is 8.79. The number of hydrazine groups is 1. The van der Waals surface area contributed by atoms with Crippen LogP contribution in [0.25, 0.3) is 0 Å². The van der Waals surface area contributed by atoms with Gasteiger partial charge in [-0.05, 0) is 38.0 Å². The highest BCUT2D eigenvalue weighted by Gasteiger charge is 2.51. The van der Waals surface area contributed by atoms with Gasteiger partial charge >= 0.3 is 0 Å². The number of imide groups is 1. The third-order valence-electron chi connectivity index (χ3n) is 5.83. The van der Waals surface area contributed by atoms with Gasteiger partial charge in [0.25, 0.3) is 17.7 Å². The molecule has 0 spiro atoms. The van der Waals surface area contributed by atoms with E-state index in [0.717, 1.165) is 15.6 Å². The topological polar surface area (TPSA) is 74.8 Å². The average molecular weight is 471 g/mol. The SMILES string of the molecule is CC1=CC[C@@H]2C(=O)N(N(CC(=O)c3ccccc3)C(=O)c3ccc(Cl)c(Cl)c3)C(=O)[C@H]2C1. The molecule has 1 aliphatic heterocycles. The Labute approximate surface area is 195 Å². The van der Waals surface area contributed by atoms with Crippen LogP contribution in [0.3, 0.4) is 0 Å². The van der Waals surface area contributed by atoms with Crippen molar-refractivity contribution < 1.29 is 19.2 Å². The first-order chi connectivity index (χ1) is 15.3. The number of carbonyl (C=O) groups excluding carboxylic acids is 4. The minimum atomic E-state index is -0.683. The Morgan fingerprint density at radius 3 is 2.34 bits per heavy atom. The first-order valence-electron chi connectivity index (χ1n) is 10.2. The van der Waals surface area contributed by atoms with Gasteiger partial charge < -0.3 is 0 Å². The lowest BCUT2D eigenvalue weighted by Gasteiger charge is -2.30. The summed E-state index contributed by atoms with van der Waals surface area (Å²) >= 11 is 12.0. The van der Waals surface area contributed by atoms with E-state index in [0.29, 0.717) is 18.4 Å². The molecular weight excluding hydrogens is 451 g/mol. The fourth-order valence-electron chi connectivity index (χ4n) is 4.12. The molecule has 1 aliphatic carbocycles. The molecule has 1 saturated heterocycles. The predicted octanol–water partition coefficient (Wildman–Crippen LogP) is 4.57. The van der Waals surface area contributed by atoms with E-state index < -0.39 is 41.9 Å². The van der Waals surface area contributed by atoms with E-state index in [-0.39, 0.29) is 15.6 Å². The van der Waals surface area contributed by atoms with Gasteiger partial charge in [-0.25, -0.2) is 5.01 Å². The molecule has 2 atom stereocenters. The normalized spacial score (nSPS) is 20.1. The molecule has 32 heavy (non-hydrogen) atoms. The van der Waals surface area contributed by atoms with Crippen molar-refractivity contribution in [2.45, 2.75) is 19.8 Å². The third-order valence-corrected chi connectivity index (χ3v) is 6.57. The maximum Gasteiger partial charge on any atom is 0.273 e. The summed E-state index contributed by atoms with van der Waals surface area (Å²) in [6.07, 6.45) is 2.82. The molecule has 6 nitrogen and oxygen atoms in total. The molecule has 3 amide bonds. The molecule has 0 saturated carbocycles. The highest BCUT2D eigenvalue weighted by atomic mass is 35.5. The van der Waals surface area contributed by atoms with Crippen LogP contribution < -0.4 is 0 Å². The molecule has 4 rings (SSSR count). The molecule has 8 heteroatoms. The summed E-state index contributed by atoms with van der Waals surface area (Å²) in [6.45, 7) is 1.45. The van der Waals surface area contributed by atoms with Gasteiger partial charge in [-0.1, -0.05) is 65.2 Å². The number of benzene rings is 2. The van der Waals surface area contributed by atoms with E-state index in [2.05, 4.69) is 0 Å². The summed E-state index contributed by atoms with van der Waals surface area (Å²) in [5, 5.41) is 2.20. The van der Waals surface area contributed by atoms with E-state index in [4.69, 9.17) is 23.2 Å². The Hall–Kier alpha value is -2.96. The molecule has 164 valence electrons. The van der Waals surface area contributed by atoms with Gasteiger partial charge in [-0.3, -0.25) is 19.2 Å². The van der Waals surface area contributed by atoms with E-state index in [9.17, 15) is 19.2 Å². The largest absolute Gasteiger partial charge is 0.292 e. The van der Waals surface area contributed by atoms with Gasteiger partial charge in [0.2, 0.25) is 0 Å². The van der Waals surface area contributed by atoms with Crippen molar-refractivity contribution in [3.8, 4) is 0 Å². The summed E-state index contributed by atoms with van der Waals surface area (Å²) < 4.78 is 0. The van der Waals surface area contributed by atoms with Crippen LogP contribution in [0.2, 0.25) is 10.0 Å². The van der Waals surface area contributed by atoms with Gasteiger partial charge in [0, 0.05) is 11.1 Å².